The number of thiazole rings is 1. The highest BCUT2D eigenvalue weighted by Crippen LogP contribution is 2.22. The maximum Gasteiger partial charge on any atom is 0.243 e. The molecule has 2 unspecified atom stereocenters. The van der Waals surface area contributed by atoms with Crippen molar-refractivity contribution in [3.63, 3.8) is 0 Å². The van der Waals surface area contributed by atoms with Crippen LogP contribution in [0.4, 0.5) is 5.13 Å². The van der Waals surface area contributed by atoms with E-state index in [2.05, 4.69) is 29.5 Å². The highest BCUT2D eigenvalue weighted by atomic mass is 32.1. The summed E-state index contributed by atoms with van der Waals surface area (Å²) in [5, 5.41) is 17.7. The lowest BCUT2D eigenvalue weighted by Gasteiger charge is -2.08. The molecule has 1 aliphatic heterocycles. The van der Waals surface area contributed by atoms with Gasteiger partial charge in [0.25, 0.3) is 0 Å². The van der Waals surface area contributed by atoms with Crippen molar-refractivity contribution in [2.75, 3.05) is 11.9 Å². The average molecular weight is 255 g/mol. The van der Waals surface area contributed by atoms with E-state index in [9.17, 15) is 9.90 Å². The number of carbonyl (C=O) groups excluding carboxylic acids is 1. The van der Waals surface area contributed by atoms with Gasteiger partial charge in [0, 0.05) is 11.9 Å². The number of aromatic nitrogens is 1. The summed E-state index contributed by atoms with van der Waals surface area (Å²) in [5.74, 6) is 0.245. The van der Waals surface area contributed by atoms with E-state index in [4.69, 9.17) is 0 Å². The molecule has 2 heterocycles. The number of hydrogen-bond acceptors (Lipinski definition) is 5. The summed E-state index contributed by atoms with van der Waals surface area (Å²) in [6, 6.07) is -0.309. The molecule has 0 aliphatic carbocycles. The van der Waals surface area contributed by atoms with Crippen LogP contribution in [-0.2, 0) is 4.79 Å². The van der Waals surface area contributed by atoms with E-state index >= 15 is 0 Å². The molecule has 0 radical (unpaired) electrons. The van der Waals surface area contributed by atoms with Gasteiger partial charge in [-0.05, 0) is 12.3 Å². The van der Waals surface area contributed by atoms with Gasteiger partial charge in [0.15, 0.2) is 5.13 Å². The van der Waals surface area contributed by atoms with Gasteiger partial charge in [0.05, 0.1) is 17.8 Å². The number of aliphatic hydroxyl groups is 1. The molecular weight excluding hydrogens is 238 g/mol. The lowest BCUT2D eigenvalue weighted by atomic mass is 10.2. The molecular formula is C11H17N3O2S. The average Bonchev–Trinajstić information content (AvgIpc) is 2.86. The molecule has 1 saturated heterocycles. The predicted molar refractivity (Wildman–Crippen MR) is 67.2 cm³/mol. The predicted octanol–water partition coefficient (Wildman–Crippen LogP) is 0.928. The Morgan fingerprint density at radius 2 is 2.47 bits per heavy atom. The van der Waals surface area contributed by atoms with E-state index in [1.807, 2.05) is 5.38 Å². The van der Waals surface area contributed by atoms with Gasteiger partial charge in [-0.3, -0.25) is 4.79 Å². The van der Waals surface area contributed by atoms with Crippen LogP contribution in [0.5, 0.6) is 0 Å². The highest BCUT2D eigenvalue weighted by molar-refractivity contribution is 7.13. The summed E-state index contributed by atoms with van der Waals surface area (Å²) in [5.41, 5.74) is 0.990. The molecule has 3 N–H and O–H groups in total. The second-order valence-corrected chi connectivity index (χ2v) is 5.43. The second-order valence-electron chi connectivity index (χ2n) is 4.57. The van der Waals surface area contributed by atoms with Crippen LogP contribution in [0.25, 0.3) is 0 Å². The van der Waals surface area contributed by atoms with Crippen molar-refractivity contribution in [1.29, 1.82) is 0 Å². The molecule has 0 bridgehead atoms. The van der Waals surface area contributed by atoms with Crippen LogP contribution < -0.4 is 10.6 Å². The third kappa shape index (κ3) is 3.02. The largest absolute Gasteiger partial charge is 0.392 e. The van der Waals surface area contributed by atoms with E-state index in [0.29, 0.717) is 24.0 Å². The summed E-state index contributed by atoms with van der Waals surface area (Å²) in [7, 11) is 0. The number of carbonyl (C=O) groups is 1. The van der Waals surface area contributed by atoms with E-state index in [0.717, 1.165) is 5.69 Å². The molecule has 0 saturated carbocycles. The van der Waals surface area contributed by atoms with E-state index in [-0.39, 0.29) is 11.9 Å². The molecule has 0 spiro atoms. The topological polar surface area (TPSA) is 74.2 Å². The van der Waals surface area contributed by atoms with Gasteiger partial charge >= 0.3 is 0 Å². The van der Waals surface area contributed by atoms with Crippen molar-refractivity contribution in [1.82, 2.24) is 10.3 Å². The molecule has 1 fully saturated rings. The molecule has 0 aromatic carbocycles. The molecule has 1 aromatic rings. The van der Waals surface area contributed by atoms with Crippen LogP contribution in [0.3, 0.4) is 0 Å². The van der Waals surface area contributed by atoms with Gasteiger partial charge in [-0.25, -0.2) is 4.98 Å². The van der Waals surface area contributed by atoms with Crippen molar-refractivity contribution in [3.8, 4) is 0 Å². The van der Waals surface area contributed by atoms with Crippen molar-refractivity contribution in [2.45, 2.75) is 38.3 Å². The van der Waals surface area contributed by atoms with Crippen LogP contribution in [0.1, 0.15) is 31.9 Å². The van der Waals surface area contributed by atoms with Crippen molar-refractivity contribution in [3.05, 3.63) is 11.1 Å². The van der Waals surface area contributed by atoms with E-state index in [1.165, 1.54) is 11.3 Å². The zero-order valence-electron chi connectivity index (χ0n) is 9.93. The summed E-state index contributed by atoms with van der Waals surface area (Å²) in [6.07, 6.45) is 0.0436. The maximum absolute atomic E-state index is 11.8. The molecule has 1 aliphatic rings. The SMILES string of the molecule is CC(C)c1csc(NC(=O)C2CC(O)CN2)n1. The Labute approximate surface area is 104 Å². The first kappa shape index (κ1) is 12.5. The zero-order chi connectivity index (χ0) is 12.4. The van der Waals surface area contributed by atoms with Gasteiger partial charge < -0.3 is 15.7 Å². The molecule has 5 nitrogen and oxygen atoms in total. The Bertz CT molecular complexity index is 405. The number of amides is 1. The molecule has 2 atom stereocenters. The van der Waals surface area contributed by atoms with Crippen LogP contribution >= 0.6 is 11.3 Å². The van der Waals surface area contributed by atoms with Crippen LogP contribution in [0, 0.1) is 0 Å². The normalized spacial score (nSPS) is 24.2. The number of anilines is 1. The van der Waals surface area contributed by atoms with Gasteiger partial charge in [-0.1, -0.05) is 13.8 Å². The standard InChI is InChI=1S/C11H17N3O2S/c1-6(2)9-5-17-11(13-9)14-10(16)8-3-7(15)4-12-8/h5-8,12,15H,3-4H2,1-2H3,(H,13,14,16). The van der Waals surface area contributed by atoms with Crippen molar-refractivity contribution >= 4 is 22.4 Å². The fraction of sp³-hybridized carbons (Fsp3) is 0.636. The Balaban J connectivity index is 1.93. The molecule has 94 valence electrons. The number of nitrogens with zero attached hydrogens (tertiary/aromatic N) is 1. The van der Waals surface area contributed by atoms with Crippen LogP contribution in [0.2, 0.25) is 0 Å². The zero-order valence-corrected chi connectivity index (χ0v) is 10.8. The first-order valence-corrected chi connectivity index (χ1v) is 6.62. The number of aliphatic hydroxyl groups excluding tert-OH is 1. The minimum absolute atomic E-state index is 0.119. The van der Waals surface area contributed by atoms with E-state index < -0.39 is 6.10 Å². The lowest BCUT2D eigenvalue weighted by molar-refractivity contribution is -0.117. The lowest BCUT2D eigenvalue weighted by Crippen LogP contribution is -2.35. The van der Waals surface area contributed by atoms with Crippen molar-refractivity contribution in [2.24, 2.45) is 0 Å². The monoisotopic (exact) mass is 255 g/mol. The second kappa shape index (κ2) is 5.12. The molecule has 1 amide bonds. The minimum atomic E-state index is -0.423. The van der Waals surface area contributed by atoms with Gasteiger partial charge in [-0.2, -0.15) is 0 Å². The summed E-state index contributed by atoms with van der Waals surface area (Å²) in [4.78, 5) is 16.2. The Hall–Kier alpha value is -0.980. The summed E-state index contributed by atoms with van der Waals surface area (Å²) >= 11 is 1.43. The smallest absolute Gasteiger partial charge is 0.243 e. The summed E-state index contributed by atoms with van der Waals surface area (Å²) < 4.78 is 0. The minimum Gasteiger partial charge on any atom is -0.392 e. The van der Waals surface area contributed by atoms with Gasteiger partial charge in [-0.15, -0.1) is 11.3 Å². The first-order valence-electron chi connectivity index (χ1n) is 5.74. The number of β-amino-alcohol motifs (C(OH)–C–C–N with tert-alkyl or cyclic N) is 1. The maximum atomic E-state index is 11.8. The number of hydrogen-bond donors (Lipinski definition) is 3. The quantitative estimate of drug-likeness (QED) is 0.751. The number of rotatable bonds is 3. The van der Waals surface area contributed by atoms with Gasteiger partial charge in [0.1, 0.15) is 0 Å². The van der Waals surface area contributed by atoms with E-state index in [1.54, 1.807) is 0 Å². The Morgan fingerprint density at radius 1 is 1.71 bits per heavy atom. The Morgan fingerprint density at radius 3 is 3.00 bits per heavy atom. The fourth-order valence-corrected chi connectivity index (χ4v) is 2.59. The van der Waals surface area contributed by atoms with Gasteiger partial charge in [0.2, 0.25) is 5.91 Å². The fourth-order valence-electron chi connectivity index (χ4n) is 1.72. The third-order valence-corrected chi connectivity index (χ3v) is 3.54. The van der Waals surface area contributed by atoms with Crippen LogP contribution in [0.15, 0.2) is 5.38 Å². The summed E-state index contributed by atoms with van der Waals surface area (Å²) in [6.45, 7) is 4.61. The Kier molecular flexibility index (Phi) is 3.76. The molecule has 17 heavy (non-hydrogen) atoms. The molecule has 1 aromatic heterocycles. The molecule has 6 heteroatoms. The molecule has 2 rings (SSSR count). The highest BCUT2D eigenvalue weighted by Gasteiger charge is 2.28. The third-order valence-electron chi connectivity index (χ3n) is 2.77. The first-order chi connectivity index (χ1) is 8.06. The van der Waals surface area contributed by atoms with Crippen LogP contribution in [-0.4, -0.2) is 34.7 Å². The number of nitrogens with one attached hydrogen (secondary N) is 2. The van der Waals surface area contributed by atoms with Crippen molar-refractivity contribution < 1.29 is 9.90 Å².